The van der Waals surface area contributed by atoms with Gasteiger partial charge in [-0.2, -0.15) is 0 Å². The van der Waals surface area contributed by atoms with Gasteiger partial charge in [0.15, 0.2) is 5.78 Å². The molecule has 16 heavy (non-hydrogen) atoms. The molecule has 1 nitrogen and oxygen atoms in total. The van der Waals surface area contributed by atoms with E-state index in [1.54, 1.807) is 0 Å². The highest BCUT2D eigenvalue weighted by molar-refractivity contribution is 9.10. The van der Waals surface area contributed by atoms with Crippen LogP contribution in [0, 0.1) is 0 Å². The minimum absolute atomic E-state index is 0.0978. The van der Waals surface area contributed by atoms with Gasteiger partial charge < -0.3 is 0 Å². The van der Waals surface area contributed by atoms with Crippen molar-refractivity contribution in [3.05, 3.63) is 58.6 Å². The quantitative estimate of drug-likeness (QED) is 0.579. The van der Waals surface area contributed by atoms with E-state index in [1.807, 2.05) is 48.6 Å². The number of carbonyl (C=O) groups excluding carboxylic acids is 1. The van der Waals surface area contributed by atoms with Gasteiger partial charge in [-0.05, 0) is 18.6 Å². The molecule has 3 heteroatoms. The van der Waals surface area contributed by atoms with Crippen molar-refractivity contribution in [1.82, 2.24) is 0 Å². The minimum atomic E-state index is -0.574. The molecule has 1 aromatic carbocycles. The van der Waals surface area contributed by atoms with Crippen LogP contribution in [-0.2, 0) is 0 Å². The molecule has 2 rings (SSSR count). The summed E-state index contributed by atoms with van der Waals surface area (Å²) in [6.45, 7) is 0. The summed E-state index contributed by atoms with van der Waals surface area (Å²) in [7, 11) is 0. The first-order chi connectivity index (χ1) is 7.62. The molecule has 0 heterocycles. The van der Waals surface area contributed by atoms with Gasteiger partial charge in [0.1, 0.15) is 4.32 Å². The monoisotopic (exact) mass is 340 g/mol. The lowest BCUT2D eigenvalue weighted by atomic mass is 9.91. The van der Waals surface area contributed by atoms with E-state index in [4.69, 9.17) is 0 Å². The largest absolute Gasteiger partial charge is 0.292 e. The van der Waals surface area contributed by atoms with E-state index in [-0.39, 0.29) is 5.78 Å². The van der Waals surface area contributed by atoms with Crippen molar-refractivity contribution in [3.63, 3.8) is 0 Å². The normalized spacial score (nSPS) is 23.4. The summed E-state index contributed by atoms with van der Waals surface area (Å²) in [5.74, 6) is 0.0978. The third kappa shape index (κ3) is 2.36. The Hall–Kier alpha value is -0.670. The smallest absolute Gasteiger partial charge is 0.183 e. The van der Waals surface area contributed by atoms with Gasteiger partial charge in [0.2, 0.25) is 0 Å². The van der Waals surface area contributed by atoms with E-state index in [0.29, 0.717) is 6.42 Å². The number of carbonyl (C=O) groups is 1. The Balaban J connectivity index is 2.28. The average Bonchev–Trinajstić information content (AvgIpc) is 2.30. The molecule has 0 fully saturated rings. The van der Waals surface area contributed by atoms with Crippen LogP contribution in [0.25, 0.3) is 0 Å². The summed E-state index contributed by atoms with van der Waals surface area (Å²) in [6, 6.07) is 7.43. The fraction of sp³-hybridized carbons (Fsp3) is 0.154. The fourth-order valence-electron chi connectivity index (χ4n) is 1.60. The summed E-state index contributed by atoms with van der Waals surface area (Å²) in [5, 5.41) is 0. The molecule has 1 aromatic rings. The zero-order chi connectivity index (χ0) is 11.6. The third-order valence-corrected chi connectivity index (χ3v) is 3.98. The minimum Gasteiger partial charge on any atom is -0.292 e. The van der Waals surface area contributed by atoms with Crippen molar-refractivity contribution in [3.8, 4) is 0 Å². The number of benzene rings is 1. The number of ketones is 1. The van der Waals surface area contributed by atoms with E-state index < -0.39 is 4.32 Å². The Labute approximate surface area is 111 Å². The molecule has 1 atom stereocenters. The zero-order valence-corrected chi connectivity index (χ0v) is 11.7. The number of hydrogen-bond donors (Lipinski definition) is 0. The molecule has 1 unspecified atom stereocenters. The number of hydrogen-bond acceptors (Lipinski definition) is 1. The Kier molecular flexibility index (Phi) is 3.45. The highest BCUT2D eigenvalue weighted by atomic mass is 79.9. The van der Waals surface area contributed by atoms with E-state index in [2.05, 4.69) is 31.9 Å². The Morgan fingerprint density at radius 3 is 2.44 bits per heavy atom. The van der Waals surface area contributed by atoms with Gasteiger partial charge in [0.05, 0.1) is 0 Å². The van der Waals surface area contributed by atoms with Crippen LogP contribution < -0.4 is 0 Å². The predicted octanol–water partition coefficient (Wildman–Crippen LogP) is 4.28. The van der Waals surface area contributed by atoms with Crippen LogP contribution in [0.5, 0.6) is 0 Å². The highest BCUT2D eigenvalue weighted by Crippen LogP contribution is 2.32. The lowest BCUT2D eigenvalue weighted by Gasteiger charge is -2.22. The first kappa shape index (κ1) is 11.8. The van der Waals surface area contributed by atoms with E-state index in [9.17, 15) is 4.79 Å². The standard InChI is InChI=1S/C13H10Br2O/c14-11-6-4-10(5-7-11)12(16)13(15)8-2-1-3-9-13/h1-8H,9H2. The number of alkyl halides is 1. The molecule has 82 valence electrons. The summed E-state index contributed by atoms with van der Waals surface area (Å²) in [6.07, 6.45) is 8.44. The lowest BCUT2D eigenvalue weighted by Crippen LogP contribution is -2.30. The summed E-state index contributed by atoms with van der Waals surface area (Å²) in [4.78, 5) is 12.3. The number of allylic oxidation sites excluding steroid dienone is 4. The second-order valence-electron chi connectivity index (χ2n) is 3.69. The molecule has 0 N–H and O–H groups in total. The van der Waals surface area contributed by atoms with Crippen LogP contribution in [0.3, 0.4) is 0 Å². The van der Waals surface area contributed by atoms with Gasteiger partial charge in [-0.25, -0.2) is 0 Å². The van der Waals surface area contributed by atoms with Crippen molar-refractivity contribution in [1.29, 1.82) is 0 Å². The summed E-state index contributed by atoms with van der Waals surface area (Å²) in [5.41, 5.74) is 0.722. The van der Waals surface area contributed by atoms with Gasteiger partial charge in [0, 0.05) is 10.0 Å². The molecule has 1 aliphatic rings. The van der Waals surface area contributed by atoms with E-state index >= 15 is 0 Å². The summed E-state index contributed by atoms with van der Waals surface area (Å²) < 4.78 is 0.405. The maximum absolute atomic E-state index is 12.3. The third-order valence-electron chi connectivity index (χ3n) is 2.51. The summed E-state index contributed by atoms with van der Waals surface area (Å²) >= 11 is 6.87. The van der Waals surface area contributed by atoms with Gasteiger partial charge >= 0.3 is 0 Å². The maximum Gasteiger partial charge on any atom is 0.183 e. The number of rotatable bonds is 2. The fourth-order valence-corrected chi connectivity index (χ4v) is 2.44. The molecule has 0 saturated carbocycles. The second kappa shape index (κ2) is 4.68. The van der Waals surface area contributed by atoms with Gasteiger partial charge in [-0.15, -0.1) is 0 Å². The van der Waals surface area contributed by atoms with Crippen LogP contribution in [0.1, 0.15) is 16.8 Å². The van der Waals surface area contributed by atoms with Crippen molar-refractivity contribution in [2.24, 2.45) is 0 Å². The van der Waals surface area contributed by atoms with Crippen LogP contribution >= 0.6 is 31.9 Å². The molecule has 1 aliphatic carbocycles. The van der Waals surface area contributed by atoms with Crippen LogP contribution in [0.15, 0.2) is 53.0 Å². The molecule has 0 aliphatic heterocycles. The SMILES string of the molecule is O=C(c1ccc(Br)cc1)C1(Br)C=CC=CC1. The number of Topliss-reactive ketones (excluding diaryl/α,β-unsaturated/α-hetero) is 1. The van der Waals surface area contributed by atoms with Crippen molar-refractivity contribution < 1.29 is 4.79 Å². The second-order valence-corrected chi connectivity index (χ2v) is 6.02. The first-order valence-electron chi connectivity index (χ1n) is 4.95. The Morgan fingerprint density at radius 2 is 1.88 bits per heavy atom. The molecule has 0 radical (unpaired) electrons. The van der Waals surface area contributed by atoms with E-state index in [1.165, 1.54) is 0 Å². The van der Waals surface area contributed by atoms with Crippen LogP contribution in [0.2, 0.25) is 0 Å². The molecule has 0 amide bonds. The Morgan fingerprint density at radius 1 is 1.19 bits per heavy atom. The molecule has 0 saturated heterocycles. The molecular formula is C13H10Br2O. The molecule has 0 spiro atoms. The average molecular weight is 342 g/mol. The Bertz CT molecular complexity index is 459. The van der Waals surface area contributed by atoms with Crippen molar-refractivity contribution >= 4 is 37.6 Å². The van der Waals surface area contributed by atoms with Crippen molar-refractivity contribution in [2.45, 2.75) is 10.7 Å². The predicted molar refractivity (Wildman–Crippen MR) is 73.0 cm³/mol. The van der Waals surface area contributed by atoms with Gasteiger partial charge in [0.25, 0.3) is 0 Å². The number of halogens is 2. The zero-order valence-electron chi connectivity index (χ0n) is 8.49. The molecule has 0 aromatic heterocycles. The molecular weight excluding hydrogens is 332 g/mol. The van der Waals surface area contributed by atoms with Crippen molar-refractivity contribution in [2.75, 3.05) is 0 Å². The topological polar surface area (TPSA) is 17.1 Å². The van der Waals surface area contributed by atoms with E-state index in [0.717, 1.165) is 10.0 Å². The molecule has 0 bridgehead atoms. The lowest BCUT2D eigenvalue weighted by molar-refractivity contribution is 0.0966. The van der Waals surface area contributed by atoms with Gasteiger partial charge in [-0.1, -0.05) is 68.3 Å². The van der Waals surface area contributed by atoms with Crippen LogP contribution in [0.4, 0.5) is 0 Å². The van der Waals surface area contributed by atoms with Gasteiger partial charge in [-0.3, -0.25) is 4.79 Å². The first-order valence-corrected chi connectivity index (χ1v) is 6.54. The van der Waals surface area contributed by atoms with Crippen LogP contribution in [-0.4, -0.2) is 10.1 Å². The highest BCUT2D eigenvalue weighted by Gasteiger charge is 2.32. The maximum atomic E-state index is 12.3.